The van der Waals surface area contributed by atoms with E-state index in [1.165, 1.54) is 7.11 Å². The molecule has 1 aliphatic rings. The summed E-state index contributed by atoms with van der Waals surface area (Å²) < 4.78 is 23.5. The highest BCUT2D eigenvalue weighted by Gasteiger charge is 2.50. The van der Waals surface area contributed by atoms with Gasteiger partial charge in [0, 0.05) is 6.42 Å². The molecule has 0 saturated carbocycles. The van der Waals surface area contributed by atoms with Crippen LogP contribution in [0.5, 0.6) is 0 Å². The zero-order chi connectivity index (χ0) is 21.8. The fourth-order valence-electron chi connectivity index (χ4n) is 2.65. The highest BCUT2D eigenvalue weighted by molar-refractivity contribution is 6.74. The fraction of sp³-hybridized carbons (Fsp3) is 0.857. The Kier molecular flexibility index (Phi) is 8.58. The van der Waals surface area contributed by atoms with Crippen LogP contribution in [0.3, 0.4) is 0 Å². The minimum absolute atomic E-state index is 0.0161. The zero-order valence-electron chi connectivity index (χ0n) is 19.7. The molecule has 28 heavy (non-hydrogen) atoms. The second kappa shape index (κ2) is 9.46. The Labute approximate surface area is 173 Å². The molecule has 162 valence electrons. The zero-order valence-corrected chi connectivity index (χ0v) is 20.7. The van der Waals surface area contributed by atoms with Crippen LogP contribution >= 0.6 is 0 Å². The quantitative estimate of drug-likeness (QED) is 0.292. The molecule has 0 aromatic rings. The molecule has 0 spiro atoms. The average Bonchev–Trinajstić information content (AvgIpc) is 2.74. The Balaban J connectivity index is 2.79. The van der Waals surface area contributed by atoms with Crippen LogP contribution in [0.25, 0.3) is 0 Å². The number of rotatable bonds is 9. The number of hydrogen-bond acceptors (Lipinski definition) is 5. The van der Waals surface area contributed by atoms with E-state index in [9.17, 15) is 4.79 Å². The van der Waals surface area contributed by atoms with Gasteiger partial charge in [-0.05, 0) is 58.7 Å². The van der Waals surface area contributed by atoms with Gasteiger partial charge in [-0.25, -0.2) is 0 Å². The van der Waals surface area contributed by atoms with Crippen molar-refractivity contribution >= 4 is 21.4 Å². The van der Waals surface area contributed by atoms with Gasteiger partial charge >= 0.3 is 13.1 Å². The summed E-state index contributed by atoms with van der Waals surface area (Å²) >= 11 is 0. The van der Waals surface area contributed by atoms with Crippen molar-refractivity contribution in [3.8, 4) is 0 Å². The van der Waals surface area contributed by atoms with Crippen LogP contribution in [0.4, 0.5) is 0 Å². The van der Waals surface area contributed by atoms with E-state index in [1.807, 2.05) is 5.98 Å². The molecule has 1 saturated heterocycles. The van der Waals surface area contributed by atoms with Gasteiger partial charge in [0.25, 0.3) is 0 Å². The molecule has 0 amide bonds. The largest absolute Gasteiger partial charge is 0.486 e. The maximum absolute atomic E-state index is 11.3. The minimum atomic E-state index is -1.91. The van der Waals surface area contributed by atoms with Gasteiger partial charge in [-0.15, -0.1) is 0 Å². The Morgan fingerprint density at radius 1 is 1.11 bits per heavy atom. The Morgan fingerprint density at radius 2 is 1.64 bits per heavy atom. The fourth-order valence-corrected chi connectivity index (χ4v) is 3.96. The molecule has 0 N–H and O–H groups in total. The first-order chi connectivity index (χ1) is 12.6. The third kappa shape index (κ3) is 7.01. The third-order valence-corrected chi connectivity index (χ3v) is 10.9. The first-order valence-corrected chi connectivity index (χ1v) is 13.3. The van der Waals surface area contributed by atoms with Crippen LogP contribution in [0, 0.1) is 0 Å². The van der Waals surface area contributed by atoms with Crippen LogP contribution in [-0.4, -0.2) is 45.8 Å². The molecular weight excluding hydrogens is 371 g/mol. The lowest BCUT2D eigenvalue weighted by molar-refractivity contribution is -0.140. The molecule has 0 bridgehead atoms. The maximum Gasteiger partial charge on any atom is 0.486 e. The normalized spacial score (nSPS) is 20.6. The van der Waals surface area contributed by atoms with E-state index in [0.29, 0.717) is 6.42 Å². The topological polar surface area (TPSA) is 54.0 Å². The van der Waals surface area contributed by atoms with Gasteiger partial charge in [0.1, 0.15) is 0 Å². The summed E-state index contributed by atoms with van der Waals surface area (Å²) in [6.45, 7) is 19.5. The number of methoxy groups -OCH3 is 1. The Morgan fingerprint density at radius 3 is 2.11 bits per heavy atom. The lowest BCUT2D eigenvalue weighted by Gasteiger charge is -2.38. The van der Waals surface area contributed by atoms with Crippen molar-refractivity contribution in [3.63, 3.8) is 0 Å². The summed E-state index contributed by atoms with van der Waals surface area (Å²) in [4.78, 5) is 11.3. The highest BCUT2D eigenvalue weighted by atomic mass is 28.4. The van der Waals surface area contributed by atoms with Crippen molar-refractivity contribution in [2.45, 2.75) is 110 Å². The van der Waals surface area contributed by atoms with Crippen molar-refractivity contribution in [1.29, 1.82) is 0 Å². The summed E-state index contributed by atoms with van der Waals surface area (Å²) in [6, 6.07) is 0. The van der Waals surface area contributed by atoms with Crippen molar-refractivity contribution in [1.82, 2.24) is 0 Å². The molecule has 1 fully saturated rings. The van der Waals surface area contributed by atoms with Gasteiger partial charge in [0.15, 0.2) is 8.32 Å². The number of carbonyl (C=O) groups excluding carboxylic acids is 1. The van der Waals surface area contributed by atoms with Crippen LogP contribution in [-0.2, 0) is 23.3 Å². The summed E-state index contributed by atoms with van der Waals surface area (Å²) in [5, 5.41) is 0.134. The smallest absolute Gasteiger partial charge is 0.469 e. The van der Waals surface area contributed by atoms with Crippen molar-refractivity contribution in [3.05, 3.63) is 12.1 Å². The average molecular weight is 412 g/mol. The third-order valence-electron chi connectivity index (χ3n) is 6.35. The molecule has 0 aromatic heterocycles. The Bertz CT molecular complexity index is 535. The van der Waals surface area contributed by atoms with Crippen LogP contribution in [0.15, 0.2) is 12.1 Å². The van der Waals surface area contributed by atoms with Crippen LogP contribution in [0.1, 0.15) is 74.1 Å². The van der Waals surface area contributed by atoms with Gasteiger partial charge in [0.2, 0.25) is 0 Å². The van der Waals surface area contributed by atoms with Crippen LogP contribution < -0.4 is 0 Å². The number of hydrogen-bond donors (Lipinski definition) is 0. The van der Waals surface area contributed by atoms with E-state index in [-0.39, 0.29) is 35.4 Å². The van der Waals surface area contributed by atoms with Crippen molar-refractivity contribution in [2.75, 3.05) is 7.11 Å². The molecule has 1 rings (SSSR count). The lowest BCUT2D eigenvalue weighted by atomic mass is 9.89. The van der Waals surface area contributed by atoms with E-state index in [2.05, 4.69) is 67.6 Å². The van der Waals surface area contributed by atoms with Gasteiger partial charge in [-0.1, -0.05) is 39.2 Å². The maximum atomic E-state index is 11.3. The summed E-state index contributed by atoms with van der Waals surface area (Å²) in [5.74, 6) is 1.82. The molecule has 0 aromatic carbocycles. The first-order valence-electron chi connectivity index (χ1n) is 10.4. The molecule has 7 heteroatoms. The minimum Gasteiger partial charge on any atom is -0.469 e. The number of unbranched alkanes of at least 4 members (excludes halogenated alkanes) is 1. The van der Waals surface area contributed by atoms with Crippen LogP contribution in [0.2, 0.25) is 18.1 Å². The van der Waals surface area contributed by atoms with E-state index in [1.54, 1.807) is 0 Å². The highest BCUT2D eigenvalue weighted by Crippen LogP contribution is 2.39. The number of esters is 1. The molecular formula is C21H41BO5Si. The van der Waals surface area contributed by atoms with E-state index in [0.717, 1.165) is 19.3 Å². The molecule has 0 radical (unpaired) electrons. The second-order valence-corrected chi connectivity index (χ2v) is 15.0. The summed E-state index contributed by atoms with van der Waals surface area (Å²) in [7, 11) is -0.855. The molecule has 5 nitrogen and oxygen atoms in total. The molecule has 1 atom stereocenters. The monoisotopic (exact) mass is 412 g/mol. The van der Waals surface area contributed by atoms with E-state index < -0.39 is 8.32 Å². The predicted octanol–water partition coefficient (Wildman–Crippen LogP) is 5.30. The van der Waals surface area contributed by atoms with Crippen molar-refractivity contribution in [2.24, 2.45) is 0 Å². The van der Waals surface area contributed by atoms with Gasteiger partial charge in [-0.3, -0.25) is 4.79 Å². The second-order valence-electron chi connectivity index (χ2n) is 10.2. The van der Waals surface area contributed by atoms with E-state index >= 15 is 0 Å². The molecule has 1 heterocycles. The predicted molar refractivity (Wildman–Crippen MR) is 118 cm³/mol. The number of ether oxygens (including phenoxy) is 1. The SMILES string of the molecule is COC(=O)CCCC[C@H](/C=C/B1OC(C)(C)C(C)(C)O1)O[Si](C)(C)C(C)(C)C. The lowest BCUT2D eigenvalue weighted by Crippen LogP contribution is -2.43. The molecule has 1 aliphatic heterocycles. The van der Waals surface area contributed by atoms with Gasteiger partial charge < -0.3 is 18.5 Å². The van der Waals surface area contributed by atoms with Gasteiger partial charge in [0.05, 0.1) is 24.4 Å². The summed E-state index contributed by atoms with van der Waals surface area (Å²) in [5.41, 5.74) is -0.698. The van der Waals surface area contributed by atoms with Crippen molar-refractivity contribution < 1.29 is 23.3 Å². The first kappa shape index (κ1) is 25.4. The number of carbonyl (C=O) groups is 1. The molecule has 0 unspecified atom stereocenters. The standard InChI is InChI=1S/C21H41BO5Si/c1-19(2,3)28(9,10)25-17(13-11-12-14-18(23)24-8)15-16-22-26-20(4,5)21(6,7)27-22/h15-17H,11-14H2,1-10H3/b16-15+/t17-/m1/s1. The van der Waals surface area contributed by atoms with E-state index in [4.69, 9.17) is 18.5 Å². The molecule has 0 aliphatic carbocycles. The van der Waals surface area contributed by atoms with Gasteiger partial charge in [-0.2, -0.15) is 0 Å². The summed E-state index contributed by atoms with van der Waals surface area (Å²) in [6.07, 6.45) is 5.08. The Hall–Kier alpha value is -0.628.